The zero-order valence-corrected chi connectivity index (χ0v) is 28.4. The molecule has 49 heavy (non-hydrogen) atoms. The highest BCUT2D eigenvalue weighted by molar-refractivity contribution is 7.77. The summed E-state index contributed by atoms with van der Waals surface area (Å²) in [6.07, 6.45) is 0. The first-order chi connectivity index (χ1) is 24.0. The molecule has 0 saturated carbocycles. The molecule has 0 spiro atoms. The highest BCUT2D eigenvalue weighted by Crippen LogP contribution is 2.55. The number of hydrogen-bond acceptors (Lipinski definition) is 2. The summed E-state index contributed by atoms with van der Waals surface area (Å²) in [7, 11) is -3.32. The first-order valence-corrected chi connectivity index (χ1v) is 18.5. The second kappa shape index (κ2) is 11.2. The minimum atomic E-state index is -3.32. The van der Waals surface area contributed by atoms with Gasteiger partial charge in [0.2, 0.25) is 7.29 Å². The van der Waals surface area contributed by atoms with E-state index in [0.29, 0.717) is 0 Å². The number of anilines is 3. The van der Waals surface area contributed by atoms with Gasteiger partial charge in [-0.25, -0.2) is 0 Å². The van der Waals surface area contributed by atoms with Crippen LogP contribution in [-0.2, 0) is 9.98 Å². The summed E-state index contributed by atoms with van der Waals surface area (Å²) < 4.78 is 17.9. The summed E-state index contributed by atoms with van der Waals surface area (Å²) in [5.74, 6) is 0. The van der Waals surface area contributed by atoms with Crippen LogP contribution in [0.15, 0.2) is 176 Å². The predicted molar refractivity (Wildman–Crippen MR) is 207 cm³/mol. The van der Waals surface area contributed by atoms with Crippen LogP contribution in [0.25, 0.3) is 32.9 Å². The Labute approximate surface area is 287 Å². The lowest BCUT2D eigenvalue weighted by molar-refractivity contribution is 0.583. The van der Waals surface area contributed by atoms with Crippen LogP contribution in [0.1, 0.15) is 25.0 Å². The average Bonchev–Trinajstić information content (AvgIpc) is 3.50. The minimum Gasteiger partial charge on any atom is -0.310 e. The third-order valence-electron chi connectivity index (χ3n) is 10.2. The van der Waals surface area contributed by atoms with E-state index in [-0.39, 0.29) is 5.41 Å². The van der Waals surface area contributed by atoms with E-state index in [1.54, 1.807) is 0 Å². The van der Waals surface area contributed by atoms with Crippen molar-refractivity contribution in [3.8, 4) is 11.1 Å². The molecule has 0 radical (unpaired) electrons. The van der Waals surface area contributed by atoms with Gasteiger partial charge < -0.3 is 4.90 Å². The number of aromatic nitrogens is 1. The molecule has 4 heteroatoms. The number of para-hydroxylation sites is 2. The van der Waals surface area contributed by atoms with Crippen molar-refractivity contribution in [3.05, 3.63) is 187 Å². The average molecular weight is 651 g/mol. The van der Waals surface area contributed by atoms with E-state index in [1.165, 1.54) is 33.6 Å². The van der Waals surface area contributed by atoms with Gasteiger partial charge >= 0.3 is 0 Å². The molecular formula is C45H35N2OP. The lowest BCUT2D eigenvalue weighted by Gasteiger charge is -2.42. The van der Waals surface area contributed by atoms with Gasteiger partial charge in [-0.2, -0.15) is 0 Å². The fraction of sp³-hybridized carbons (Fsp3) is 0.0667. The SMILES string of the molecule is CC1(C)c2ccccc2N(c2ccc3c(c2)c2ccccc2n3P(=O)(c2ccccc2)c2ccccc2)c2ccc(-c3ccccc3)cc21. The molecule has 0 atom stereocenters. The minimum absolute atomic E-state index is 0.203. The molecule has 1 aromatic heterocycles. The van der Waals surface area contributed by atoms with Gasteiger partial charge in [-0.1, -0.05) is 123 Å². The molecule has 1 aliphatic rings. The van der Waals surface area contributed by atoms with Crippen molar-refractivity contribution in [3.63, 3.8) is 0 Å². The Bertz CT molecular complexity index is 2510. The van der Waals surface area contributed by atoms with Gasteiger partial charge in [-0.15, -0.1) is 0 Å². The van der Waals surface area contributed by atoms with Crippen molar-refractivity contribution in [1.82, 2.24) is 4.34 Å². The van der Waals surface area contributed by atoms with Crippen LogP contribution in [0, 0.1) is 0 Å². The molecule has 0 saturated heterocycles. The summed E-state index contributed by atoms with van der Waals surface area (Å²) in [4.78, 5) is 2.41. The van der Waals surface area contributed by atoms with Crippen LogP contribution in [0.5, 0.6) is 0 Å². The number of benzene rings is 7. The molecule has 1 aliphatic heterocycles. The number of hydrogen-bond donors (Lipinski definition) is 0. The normalized spacial score (nSPS) is 13.7. The van der Waals surface area contributed by atoms with Crippen LogP contribution < -0.4 is 15.5 Å². The van der Waals surface area contributed by atoms with Crippen molar-refractivity contribution < 1.29 is 4.57 Å². The molecule has 0 unspecified atom stereocenters. The Hall–Kier alpha value is -5.63. The number of rotatable bonds is 5. The Kier molecular flexibility index (Phi) is 6.76. The van der Waals surface area contributed by atoms with Gasteiger partial charge in [0.25, 0.3) is 0 Å². The second-order valence-electron chi connectivity index (χ2n) is 13.4. The molecule has 8 aromatic rings. The smallest absolute Gasteiger partial charge is 0.234 e. The van der Waals surface area contributed by atoms with Crippen LogP contribution in [0.4, 0.5) is 17.1 Å². The third kappa shape index (κ3) is 4.46. The summed E-state index contributed by atoms with van der Waals surface area (Å²) in [5.41, 5.74) is 10.1. The van der Waals surface area contributed by atoms with E-state index in [4.69, 9.17) is 0 Å². The Morgan fingerprint density at radius 2 is 1.04 bits per heavy atom. The maximum Gasteiger partial charge on any atom is 0.234 e. The molecule has 3 nitrogen and oxygen atoms in total. The quantitative estimate of drug-likeness (QED) is 0.173. The van der Waals surface area contributed by atoms with E-state index >= 15 is 4.57 Å². The topological polar surface area (TPSA) is 25.2 Å². The van der Waals surface area contributed by atoms with Crippen LogP contribution >= 0.6 is 7.29 Å². The molecule has 9 rings (SSSR count). The zero-order chi connectivity index (χ0) is 33.2. The van der Waals surface area contributed by atoms with Crippen LogP contribution in [0.2, 0.25) is 0 Å². The summed E-state index contributed by atoms with van der Waals surface area (Å²) in [5, 5.41) is 3.77. The van der Waals surface area contributed by atoms with Gasteiger partial charge in [-0.3, -0.25) is 8.90 Å². The molecule has 0 N–H and O–H groups in total. The molecule has 0 amide bonds. The van der Waals surface area contributed by atoms with Gasteiger partial charge in [-0.05, 0) is 89.0 Å². The third-order valence-corrected chi connectivity index (χ3v) is 13.2. The predicted octanol–water partition coefficient (Wildman–Crippen LogP) is 11.3. The van der Waals surface area contributed by atoms with Crippen LogP contribution in [0.3, 0.4) is 0 Å². The van der Waals surface area contributed by atoms with Gasteiger partial charge in [0.15, 0.2) is 0 Å². The number of nitrogens with zero attached hydrogens (tertiary/aromatic N) is 2. The molecule has 236 valence electrons. The fourth-order valence-corrected chi connectivity index (χ4v) is 10.7. The maximum absolute atomic E-state index is 15.8. The summed E-state index contributed by atoms with van der Waals surface area (Å²) in [6.45, 7) is 4.66. The zero-order valence-electron chi connectivity index (χ0n) is 27.5. The molecular weight excluding hydrogens is 615 g/mol. The van der Waals surface area contributed by atoms with Gasteiger partial charge in [0.1, 0.15) is 0 Å². The number of fused-ring (bicyclic) bond motifs is 5. The van der Waals surface area contributed by atoms with Gasteiger partial charge in [0, 0.05) is 32.5 Å². The van der Waals surface area contributed by atoms with Crippen molar-refractivity contribution >= 4 is 56.8 Å². The lowest BCUT2D eigenvalue weighted by Crippen LogP contribution is -2.30. The molecule has 2 heterocycles. The summed E-state index contributed by atoms with van der Waals surface area (Å²) in [6, 6.07) is 61.2. The first kappa shape index (κ1) is 29.5. The first-order valence-electron chi connectivity index (χ1n) is 16.8. The van der Waals surface area contributed by atoms with E-state index in [2.05, 4.69) is 132 Å². The van der Waals surface area contributed by atoms with Gasteiger partial charge in [0.05, 0.1) is 22.4 Å². The van der Waals surface area contributed by atoms with Crippen molar-refractivity contribution in [1.29, 1.82) is 0 Å². The monoisotopic (exact) mass is 650 g/mol. The fourth-order valence-electron chi connectivity index (χ4n) is 7.81. The van der Waals surface area contributed by atoms with E-state index in [0.717, 1.165) is 38.1 Å². The highest BCUT2D eigenvalue weighted by atomic mass is 31.2. The highest BCUT2D eigenvalue weighted by Gasteiger charge is 2.38. The maximum atomic E-state index is 15.8. The van der Waals surface area contributed by atoms with Crippen molar-refractivity contribution in [2.45, 2.75) is 19.3 Å². The molecule has 0 fully saturated rings. The Morgan fingerprint density at radius 1 is 0.469 bits per heavy atom. The van der Waals surface area contributed by atoms with Crippen LogP contribution in [-0.4, -0.2) is 4.34 Å². The van der Waals surface area contributed by atoms with Crippen molar-refractivity contribution in [2.24, 2.45) is 0 Å². The molecule has 0 bridgehead atoms. The Morgan fingerprint density at radius 3 is 1.76 bits per heavy atom. The second-order valence-corrected chi connectivity index (χ2v) is 15.9. The van der Waals surface area contributed by atoms with E-state index in [1.807, 2.05) is 66.7 Å². The van der Waals surface area contributed by atoms with E-state index in [9.17, 15) is 0 Å². The molecule has 7 aromatic carbocycles. The van der Waals surface area contributed by atoms with E-state index < -0.39 is 7.29 Å². The lowest BCUT2D eigenvalue weighted by atomic mass is 9.73. The Balaban J connectivity index is 1.30. The summed E-state index contributed by atoms with van der Waals surface area (Å²) >= 11 is 0. The standard InChI is InChI=1S/C45H35N2OP/c1-45(2)39-23-13-15-25-43(39)46(44-28-26-33(30-40(44)45)32-16-6-3-7-17-32)34-27-29-42-38(31-34)37-22-12-14-24-41(37)47(42)49(48,35-18-8-4-9-19-35)36-20-10-5-11-21-36/h3-31H,1-2H3. The largest absolute Gasteiger partial charge is 0.310 e. The van der Waals surface area contributed by atoms with Crippen molar-refractivity contribution in [2.75, 3.05) is 4.90 Å². The molecule has 0 aliphatic carbocycles.